The molecule has 1 saturated heterocycles. The largest absolute Gasteiger partial charge is 0.480 e. The van der Waals surface area contributed by atoms with E-state index in [0.717, 1.165) is 42.3 Å². The quantitative estimate of drug-likeness (QED) is 0.847. The van der Waals surface area contributed by atoms with E-state index in [1.807, 2.05) is 47.7 Å². The van der Waals surface area contributed by atoms with Crippen LogP contribution in [0.5, 0.6) is 5.75 Å². The first-order valence-corrected chi connectivity index (χ1v) is 8.55. The van der Waals surface area contributed by atoms with Gasteiger partial charge in [-0.1, -0.05) is 18.2 Å². The highest BCUT2D eigenvalue weighted by Crippen LogP contribution is 2.30. The number of hydrogen-bond acceptors (Lipinski definition) is 4. The fraction of sp³-hybridized carbons (Fsp3) is 0.500. The van der Waals surface area contributed by atoms with Gasteiger partial charge in [-0.05, 0) is 38.3 Å². The Balaban J connectivity index is 1.47. The molecular formula is C18H22N4O2. The molecule has 126 valence electrons. The molecular weight excluding hydrogens is 304 g/mol. The Kier molecular flexibility index (Phi) is 3.75. The summed E-state index contributed by atoms with van der Waals surface area (Å²) in [5, 5.41) is 4.49. The van der Waals surface area contributed by atoms with Crippen LogP contribution in [0.3, 0.4) is 0 Å². The Morgan fingerprint density at radius 1 is 1.29 bits per heavy atom. The Bertz CT molecular complexity index is 745. The molecule has 0 spiro atoms. The highest BCUT2D eigenvalue weighted by atomic mass is 16.5. The zero-order valence-electron chi connectivity index (χ0n) is 14.1. The van der Waals surface area contributed by atoms with E-state index in [4.69, 9.17) is 4.74 Å². The van der Waals surface area contributed by atoms with Crippen molar-refractivity contribution in [2.45, 2.75) is 45.3 Å². The molecule has 24 heavy (non-hydrogen) atoms. The van der Waals surface area contributed by atoms with Crippen molar-refractivity contribution in [2.75, 3.05) is 13.1 Å². The van der Waals surface area contributed by atoms with Crippen molar-refractivity contribution in [3.05, 3.63) is 41.5 Å². The summed E-state index contributed by atoms with van der Waals surface area (Å²) in [5.74, 6) is 2.62. The first kappa shape index (κ1) is 15.2. The van der Waals surface area contributed by atoms with E-state index in [-0.39, 0.29) is 18.1 Å². The first-order valence-electron chi connectivity index (χ1n) is 8.55. The second-order valence-electron chi connectivity index (χ2n) is 6.65. The number of carbonyl (C=O) groups excluding carboxylic acids is 1. The summed E-state index contributed by atoms with van der Waals surface area (Å²) in [6.07, 6.45) is 2.28. The minimum absolute atomic E-state index is 0.0883. The average molecular weight is 326 g/mol. The summed E-state index contributed by atoms with van der Waals surface area (Å²) < 4.78 is 7.84. The third kappa shape index (κ3) is 2.66. The van der Waals surface area contributed by atoms with Gasteiger partial charge in [0.15, 0.2) is 6.10 Å². The summed E-state index contributed by atoms with van der Waals surface area (Å²) >= 11 is 0. The standard InChI is InChI=1S/C18H22N4O2/c1-12-19-13(2)22(20-12)15-7-5-9-21(11-15)18(23)17-10-14-6-3-4-8-16(14)24-17/h3-4,6,8,15,17H,5,7,9-11H2,1-2H3/t15-,17+/m1/s1. The number of amides is 1. The van der Waals surface area contributed by atoms with Crippen LogP contribution in [0.4, 0.5) is 0 Å². The van der Waals surface area contributed by atoms with E-state index in [1.54, 1.807) is 0 Å². The predicted octanol–water partition coefficient (Wildman–Crippen LogP) is 2.06. The van der Waals surface area contributed by atoms with E-state index in [2.05, 4.69) is 10.1 Å². The average Bonchev–Trinajstić information content (AvgIpc) is 3.17. The van der Waals surface area contributed by atoms with Gasteiger partial charge in [0.1, 0.15) is 17.4 Å². The summed E-state index contributed by atoms with van der Waals surface area (Å²) in [5.41, 5.74) is 1.12. The lowest BCUT2D eigenvalue weighted by atomic mass is 10.0. The molecule has 2 aliphatic rings. The maximum Gasteiger partial charge on any atom is 0.264 e. The Labute approximate surface area is 141 Å². The lowest BCUT2D eigenvalue weighted by Crippen LogP contribution is -2.47. The third-order valence-corrected chi connectivity index (χ3v) is 4.88. The van der Waals surface area contributed by atoms with Gasteiger partial charge in [0.25, 0.3) is 5.91 Å². The Morgan fingerprint density at radius 3 is 2.88 bits per heavy atom. The molecule has 0 radical (unpaired) electrons. The van der Waals surface area contributed by atoms with Gasteiger partial charge in [-0.15, -0.1) is 0 Å². The molecule has 0 aliphatic carbocycles. The number of nitrogens with zero attached hydrogens (tertiary/aromatic N) is 4. The molecule has 6 heteroatoms. The summed E-state index contributed by atoms with van der Waals surface area (Å²) in [6.45, 7) is 5.34. The lowest BCUT2D eigenvalue weighted by molar-refractivity contribution is -0.139. The van der Waals surface area contributed by atoms with Gasteiger partial charge in [0.05, 0.1) is 6.04 Å². The number of para-hydroxylation sites is 1. The molecule has 1 aromatic heterocycles. The second kappa shape index (κ2) is 5.92. The van der Waals surface area contributed by atoms with Crippen molar-refractivity contribution in [3.8, 4) is 5.75 Å². The van der Waals surface area contributed by atoms with Gasteiger partial charge < -0.3 is 9.64 Å². The highest BCUT2D eigenvalue weighted by Gasteiger charge is 2.35. The second-order valence-corrected chi connectivity index (χ2v) is 6.65. The predicted molar refractivity (Wildman–Crippen MR) is 88.9 cm³/mol. The van der Waals surface area contributed by atoms with Crippen molar-refractivity contribution in [1.82, 2.24) is 19.7 Å². The molecule has 2 aromatic rings. The van der Waals surface area contributed by atoms with Gasteiger partial charge in [-0.3, -0.25) is 4.79 Å². The van der Waals surface area contributed by atoms with Crippen LogP contribution in [0, 0.1) is 13.8 Å². The molecule has 3 heterocycles. The number of ether oxygens (including phenoxy) is 1. The van der Waals surface area contributed by atoms with E-state index in [1.165, 1.54) is 0 Å². The smallest absolute Gasteiger partial charge is 0.264 e. The maximum atomic E-state index is 12.9. The minimum Gasteiger partial charge on any atom is -0.480 e. The van der Waals surface area contributed by atoms with Crippen LogP contribution in [-0.4, -0.2) is 44.8 Å². The van der Waals surface area contributed by atoms with E-state index in [9.17, 15) is 4.79 Å². The Hall–Kier alpha value is -2.37. The number of carbonyl (C=O) groups is 1. The van der Waals surface area contributed by atoms with E-state index in [0.29, 0.717) is 13.0 Å². The zero-order valence-corrected chi connectivity index (χ0v) is 14.1. The highest BCUT2D eigenvalue weighted by molar-refractivity contribution is 5.82. The van der Waals surface area contributed by atoms with Gasteiger partial charge in [0, 0.05) is 19.5 Å². The van der Waals surface area contributed by atoms with Crippen LogP contribution < -0.4 is 4.74 Å². The molecule has 4 rings (SSSR count). The van der Waals surface area contributed by atoms with Crippen molar-refractivity contribution < 1.29 is 9.53 Å². The van der Waals surface area contributed by atoms with Gasteiger partial charge in [0.2, 0.25) is 0 Å². The minimum atomic E-state index is -0.389. The molecule has 1 fully saturated rings. The van der Waals surface area contributed by atoms with Crippen LogP contribution in [-0.2, 0) is 11.2 Å². The Morgan fingerprint density at radius 2 is 2.12 bits per heavy atom. The topological polar surface area (TPSA) is 60.2 Å². The fourth-order valence-electron chi connectivity index (χ4n) is 3.76. The number of rotatable bonds is 2. The van der Waals surface area contributed by atoms with Crippen molar-refractivity contribution >= 4 is 5.91 Å². The molecule has 2 atom stereocenters. The fourth-order valence-corrected chi connectivity index (χ4v) is 3.76. The van der Waals surface area contributed by atoms with Crippen molar-refractivity contribution in [2.24, 2.45) is 0 Å². The maximum absolute atomic E-state index is 12.9. The molecule has 2 aliphatic heterocycles. The van der Waals surface area contributed by atoms with E-state index >= 15 is 0 Å². The number of piperidine rings is 1. The van der Waals surface area contributed by atoms with E-state index < -0.39 is 0 Å². The van der Waals surface area contributed by atoms with Crippen LogP contribution in [0.25, 0.3) is 0 Å². The third-order valence-electron chi connectivity index (χ3n) is 4.88. The number of fused-ring (bicyclic) bond motifs is 1. The summed E-state index contributed by atoms with van der Waals surface area (Å²) in [4.78, 5) is 19.2. The molecule has 0 N–H and O–H groups in total. The number of hydrogen-bond donors (Lipinski definition) is 0. The normalized spacial score (nSPS) is 23.0. The van der Waals surface area contributed by atoms with Crippen LogP contribution in [0.2, 0.25) is 0 Å². The molecule has 0 unspecified atom stereocenters. The van der Waals surface area contributed by atoms with Crippen molar-refractivity contribution in [1.29, 1.82) is 0 Å². The molecule has 1 aromatic carbocycles. The zero-order chi connectivity index (χ0) is 16.7. The number of likely N-dealkylation sites (tertiary alicyclic amines) is 1. The van der Waals surface area contributed by atoms with Gasteiger partial charge in [-0.25, -0.2) is 9.67 Å². The van der Waals surface area contributed by atoms with Crippen molar-refractivity contribution in [3.63, 3.8) is 0 Å². The number of aromatic nitrogens is 3. The number of benzene rings is 1. The van der Waals surface area contributed by atoms with Crippen LogP contribution >= 0.6 is 0 Å². The van der Waals surface area contributed by atoms with Gasteiger partial charge >= 0.3 is 0 Å². The SMILES string of the molecule is Cc1nc(C)n([C@@H]2CCCN(C(=O)[C@@H]3Cc4ccccc4O3)C2)n1. The molecule has 0 bridgehead atoms. The van der Waals surface area contributed by atoms with Crippen LogP contribution in [0.1, 0.15) is 36.1 Å². The summed E-state index contributed by atoms with van der Waals surface area (Å²) in [6, 6.07) is 8.10. The number of aryl methyl sites for hydroxylation is 2. The molecule has 0 saturated carbocycles. The van der Waals surface area contributed by atoms with Gasteiger partial charge in [-0.2, -0.15) is 5.10 Å². The van der Waals surface area contributed by atoms with Crippen LogP contribution in [0.15, 0.2) is 24.3 Å². The monoisotopic (exact) mass is 326 g/mol. The molecule has 6 nitrogen and oxygen atoms in total. The molecule has 1 amide bonds. The first-order chi connectivity index (χ1) is 11.6. The summed E-state index contributed by atoms with van der Waals surface area (Å²) in [7, 11) is 0. The lowest BCUT2D eigenvalue weighted by Gasteiger charge is -2.34.